The van der Waals surface area contributed by atoms with Crippen LogP contribution in [0.5, 0.6) is 0 Å². The Morgan fingerprint density at radius 1 is 0.426 bits per heavy atom. The number of nitrogens with zero attached hydrogens (tertiary/aromatic N) is 2. The molecule has 0 amide bonds. The van der Waals surface area contributed by atoms with E-state index < -0.39 is 0 Å². The highest BCUT2D eigenvalue weighted by molar-refractivity contribution is 6.12. The van der Waals surface area contributed by atoms with Crippen LogP contribution in [0.25, 0.3) is 82.8 Å². The molecule has 0 unspecified atom stereocenters. The Balaban J connectivity index is 0.962. The predicted octanol–water partition coefficient (Wildman–Crippen LogP) is 16.5. The second-order valence-corrected chi connectivity index (χ2v) is 16.0. The van der Waals surface area contributed by atoms with Crippen LogP contribution < -0.4 is 4.90 Å². The summed E-state index contributed by atoms with van der Waals surface area (Å²) in [4.78, 5) is 2.35. The van der Waals surface area contributed by atoms with E-state index in [2.05, 4.69) is 217 Å². The molecule has 2 aromatic heterocycles. The van der Waals surface area contributed by atoms with Crippen LogP contribution in [0.3, 0.4) is 0 Å². The lowest BCUT2D eigenvalue weighted by molar-refractivity contribution is 0.669. The molecule has 0 aliphatic rings. The molecule has 2 heterocycles. The minimum Gasteiger partial charge on any atom is -0.456 e. The van der Waals surface area contributed by atoms with E-state index in [1.165, 1.54) is 62.5 Å². The first-order valence-corrected chi connectivity index (χ1v) is 21.4. The Morgan fingerprint density at radius 2 is 0.934 bits per heavy atom. The van der Waals surface area contributed by atoms with Crippen molar-refractivity contribution < 1.29 is 4.42 Å². The zero-order valence-electron chi connectivity index (χ0n) is 34.1. The highest BCUT2D eigenvalue weighted by Gasteiger charge is 2.17. The summed E-state index contributed by atoms with van der Waals surface area (Å²) in [6, 6.07) is 76.9. The first kappa shape index (κ1) is 36.5. The molecule has 11 rings (SSSR count). The number of anilines is 3. The molecule has 0 spiro atoms. The largest absolute Gasteiger partial charge is 0.456 e. The van der Waals surface area contributed by atoms with Gasteiger partial charge in [-0.05, 0) is 125 Å². The number of aromatic nitrogens is 1. The minimum absolute atomic E-state index is 0.904. The van der Waals surface area contributed by atoms with E-state index in [4.69, 9.17) is 4.42 Å². The van der Waals surface area contributed by atoms with Gasteiger partial charge in [-0.1, -0.05) is 153 Å². The Labute approximate surface area is 356 Å². The topological polar surface area (TPSA) is 21.3 Å². The van der Waals surface area contributed by atoms with Crippen molar-refractivity contribution in [3.05, 3.63) is 218 Å². The molecule has 0 atom stereocenters. The quantitative estimate of drug-likeness (QED) is 0.138. The van der Waals surface area contributed by atoms with Gasteiger partial charge in [0.15, 0.2) is 0 Å². The highest BCUT2D eigenvalue weighted by atomic mass is 16.3. The average Bonchev–Trinajstić information content (AvgIpc) is 3.88. The minimum atomic E-state index is 0.904. The number of benzene rings is 9. The van der Waals surface area contributed by atoms with E-state index in [0.717, 1.165) is 62.2 Å². The summed E-state index contributed by atoms with van der Waals surface area (Å²) >= 11 is 0. The summed E-state index contributed by atoms with van der Waals surface area (Å²) in [6.45, 7) is 2.25. The van der Waals surface area contributed by atoms with Crippen LogP contribution in [0.15, 0.2) is 217 Å². The fraction of sp³-hybridized carbons (Fsp3) is 0.0690. The van der Waals surface area contributed by atoms with Gasteiger partial charge >= 0.3 is 0 Å². The van der Waals surface area contributed by atoms with E-state index in [0.29, 0.717) is 0 Å². The van der Waals surface area contributed by atoms with Crippen LogP contribution >= 0.6 is 0 Å². The Hall–Kier alpha value is -7.62. The van der Waals surface area contributed by atoms with Gasteiger partial charge in [-0.25, -0.2) is 0 Å². The number of aryl methyl sites for hydroxylation is 1. The maximum Gasteiger partial charge on any atom is 0.136 e. The number of para-hydroxylation sites is 3. The number of unbranched alkanes of at least 4 members (excludes halogenated alkanes) is 1. The maximum atomic E-state index is 6.25. The highest BCUT2D eigenvalue weighted by Crippen LogP contribution is 2.41. The van der Waals surface area contributed by atoms with Crippen molar-refractivity contribution in [3.8, 4) is 39.1 Å². The molecule has 0 aliphatic heterocycles. The lowest BCUT2D eigenvalue weighted by Gasteiger charge is -2.26. The Morgan fingerprint density at radius 3 is 1.56 bits per heavy atom. The molecular weight excluding hydrogens is 741 g/mol. The van der Waals surface area contributed by atoms with E-state index in [9.17, 15) is 0 Å². The summed E-state index contributed by atoms with van der Waals surface area (Å²) in [7, 11) is 0. The van der Waals surface area contributed by atoms with Gasteiger partial charge in [-0.2, -0.15) is 0 Å². The summed E-state index contributed by atoms with van der Waals surface area (Å²) in [5.41, 5.74) is 17.1. The monoisotopic (exact) mass is 784 g/mol. The van der Waals surface area contributed by atoms with E-state index in [1.807, 2.05) is 12.1 Å². The second-order valence-electron chi connectivity index (χ2n) is 16.0. The number of fused-ring (bicyclic) bond motifs is 6. The molecule has 11 aromatic rings. The van der Waals surface area contributed by atoms with E-state index >= 15 is 0 Å². The van der Waals surface area contributed by atoms with Crippen LogP contribution in [0, 0.1) is 0 Å². The molecule has 0 saturated heterocycles. The number of furan rings is 1. The van der Waals surface area contributed by atoms with Gasteiger partial charge in [-0.3, -0.25) is 0 Å². The van der Waals surface area contributed by atoms with Gasteiger partial charge in [0.2, 0.25) is 0 Å². The van der Waals surface area contributed by atoms with Crippen molar-refractivity contribution in [2.45, 2.75) is 26.2 Å². The third-order valence-corrected chi connectivity index (χ3v) is 12.2. The van der Waals surface area contributed by atoms with Crippen LogP contribution in [-0.2, 0) is 6.42 Å². The summed E-state index contributed by atoms with van der Waals surface area (Å²) in [5.74, 6) is 0. The lowest BCUT2D eigenvalue weighted by Crippen LogP contribution is -2.09. The summed E-state index contributed by atoms with van der Waals surface area (Å²) < 4.78 is 8.63. The molecule has 292 valence electrons. The zero-order valence-corrected chi connectivity index (χ0v) is 34.1. The third-order valence-electron chi connectivity index (χ3n) is 12.2. The van der Waals surface area contributed by atoms with Gasteiger partial charge in [-0.15, -0.1) is 0 Å². The molecule has 0 aliphatic carbocycles. The fourth-order valence-electron chi connectivity index (χ4n) is 9.13. The SMILES string of the molecule is CCCCc1ccc(-c2ccc(N(c3ccc(-c4cccc(-n5c6ccccc6c6ccccc65)c4)cc3)c3ccc(-c4cccc5oc6ccccc6c45)cc3)cc2)cc1. The van der Waals surface area contributed by atoms with Crippen molar-refractivity contribution in [1.29, 1.82) is 0 Å². The van der Waals surface area contributed by atoms with Crippen LogP contribution in [-0.4, -0.2) is 4.57 Å². The molecule has 0 radical (unpaired) electrons. The summed E-state index contributed by atoms with van der Waals surface area (Å²) in [6.07, 6.45) is 3.56. The van der Waals surface area contributed by atoms with Gasteiger partial charge in [0.25, 0.3) is 0 Å². The molecular formula is C58H44N2O. The van der Waals surface area contributed by atoms with Gasteiger partial charge in [0.05, 0.1) is 11.0 Å². The lowest BCUT2D eigenvalue weighted by atomic mass is 9.98. The molecule has 61 heavy (non-hydrogen) atoms. The fourth-order valence-corrected chi connectivity index (χ4v) is 9.13. The summed E-state index contributed by atoms with van der Waals surface area (Å²) in [5, 5.41) is 4.81. The van der Waals surface area contributed by atoms with Crippen LogP contribution in [0.2, 0.25) is 0 Å². The number of hydrogen-bond acceptors (Lipinski definition) is 2. The zero-order chi connectivity index (χ0) is 40.7. The smallest absolute Gasteiger partial charge is 0.136 e. The number of rotatable bonds is 10. The molecule has 0 fully saturated rings. The normalized spacial score (nSPS) is 11.6. The molecule has 9 aromatic carbocycles. The van der Waals surface area contributed by atoms with Gasteiger partial charge in [0.1, 0.15) is 11.2 Å². The number of hydrogen-bond donors (Lipinski definition) is 0. The Kier molecular flexibility index (Phi) is 9.28. The van der Waals surface area contributed by atoms with Gasteiger partial charge < -0.3 is 13.9 Å². The first-order chi connectivity index (χ1) is 30.2. The molecule has 0 bridgehead atoms. The van der Waals surface area contributed by atoms with Crippen LogP contribution in [0.1, 0.15) is 25.3 Å². The molecule has 3 heteroatoms. The van der Waals surface area contributed by atoms with E-state index in [1.54, 1.807) is 0 Å². The van der Waals surface area contributed by atoms with Crippen molar-refractivity contribution >= 4 is 60.8 Å². The average molecular weight is 785 g/mol. The maximum absolute atomic E-state index is 6.25. The molecule has 0 saturated carbocycles. The predicted molar refractivity (Wildman–Crippen MR) is 258 cm³/mol. The molecule has 3 nitrogen and oxygen atoms in total. The van der Waals surface area contributed by atoms with Crippen LogP contribution in [0.4, 0.5) is 17.1 Å². The second kappa shape index (κ2) is 15.5. The molecule has 0 N–H and O–H groups in total. The van der Waals surface area contributed by atoms with Crippen molar-refractivity contribution in [2.75, 3.05) is 4.90 Å². The van der Waals surface area contributed by atoms with Crippen molar-refractivity contribution in [1.82, 2.24) is 4.57 Å². The van der Waals surface area contributed by atoms with Crippen molar-refractivity contribution in [2.24, 2.45) is 0 Å². The Bertz CT molecular complexity index is 3260. The van der Waals surface area contributed by atoms with Gasteiger partial charge in [0, 0.05) is 44.3 Å². The van der Waals surface area contributed by atoms with E-state index in [-0.39, 0.29) is 0 Å². The standard InChI is InChI=1S/C58H44N2O/c1-2-3-12-40-23-25-41(26-24-40)42-27-33-46(34-28-42)59(48-37-31-44(32-38-48)50-18-11-22-57-58(50)53-17-6-9-21-56(53)61-57)47-35-29-43(30-36-47)45-13-10-14-49(39-45)60-54-19-7-4-15-51(54)52-16-5-8-20-55(52)60/h4-11,13-39H,2-3,12H2,1H3. The third kappa shape index (κ3) is 6.65. The van der Waals surface area contributed by atoms with Crippen molar-refractivity contribution in [3.63, 3.8) is 0 Å². The first-order valence-electron chi connectivity index (χ1n) is 21.4.